The van der Waals surface area contributed by atoms with Gasteiger partial charge in [-0.25, -0.2) is 13.5 Å². The third-order valence-corrected chi connectivity index (χ3v) is 3.16. The Morgan fingerprint density at radius 3 is 2.48 bits per heavy atom. The number of hydrogen-bond acceptors (Lipinski definition) is 2. The van der Waals surface area contributed by atoms with Crippen molar-refractivity contribution in [2.45, 2.75) is 0 Å². The normalized spacial score (nSPS) is 10.6. The van der Waals surface area contributed by atoms with Crippen LogP contribution in [-0.4, -0.2) is 16.9 Å². The second-order valence-corrected chi connectivity index (χ2v) is 4.45. The summed E-state index contributed by atoms with van der Waals surface area (Å²) >= 11 is 0. The van der Waals surface area contributed by atoms with Crippen molar-refractivity contribution >= 4 is 0 Å². The highest BCUT2D eigenvalue weighted by Gasteiger charge is 2.12. The molecule has 0 unspecified atom stereocenters. The average Bonchev–Trinajstić information content (AvgIpc) is 2.99. The van der Waals surface area contributed by atoms with Crippen LogP contribution in [0.25, 0.3) is 16.9 Å². The standard InChI is InChI=1S/C16H12F2N2O/c1-21-13-5-2-11(3-6-13)15-8-9-19-20(15)16-10-12(17)4-7-14(16)18/h2-10H,1H3. The van der Waals surface area contributed by atoms with Gasteiger partial charge >= 0.3 is 0 Å². The molecule has 3 rings (SSSR count). The molecule has 2 aromatic carbocycles. The van der Waals surface area contributed by atoms with Crippen molar-refractivity contribution in [2.24, 2.45) is 0 Å². The molecule has 0 radical (unpaired) electrons. The highest BCUT2D eigenvalue weighted by molar-refractivity contribution is 5.62. The van der Waals surface area contributed by atoms with Crippen LogP contribution in [0.3, 0.4) is 0 Å². The number of methoxy groups -OCH3 is 1. The lowest BCUT2D eigenvalue weighted by molar-refractivity contribution is 0.415. The van der Waals surface area contributed by atoms with Gasteiger partial charge < -0.3 is 4.74 Å². The van der Waals surface area contributed by atoms with E-state index in [1.54, 1.807) is 31.5 Å². The van der Waals surface area contributed by atoms with E-state index in [-0.39, 0.29) is 5.69 Å². The fourth-order valence-electron chi connectivity index (χ4n) is 2.12. The molecule has 5 heteroatoms. The molecule has 3 aromatic rings. The molecule has 0 N–H and O–H groups in total. The Balaban J connectivity index is 2.10. The minimum Gasteiger partial charge on any atom is -0.497 e. The van der Waals surface area contributed by atoms with Crippen molar-refractivity contribution in [3.05, 3.63) is 66.4 Å². The van der Waals surface area contributed by atoms with Gasteiger partial charge in [-0.15, -0.1) is 0 Å². The summed E-state index contributed by atoms with van der Waals surface area (Å²) in [6, 6.07) is 12.3. The average molecular weight is 286 g/mol. The lowest BCUT2D eigenvalue weighted by Gasteiger charge is -2.09. The van der Waals surface area contributed by atoms with Crippen molar-refractivity contribution < 1.29 is 13.5 Å². The van der Waals surface area contributed by atoms with E-state index in [0.29, 0.717) is 5.69 Å². The minimum absolute atomic E-state index is 0.0748. The van der Waals surface area contributed by atoms with Gasteiger partial charge in [0.15, 0.2) is 0 Å². The first-order chi connectivity index (χ1) is 10.2. The Hall–Kier alpha value is -2.69. The van der Waals surface area contributed by atoms with Gasteiger partial charge in [-0.05, 0) is 42.5 Å². The fourth-order valence-corrected chi connectivity index (χ4v) is 2.12. The molecule has 0 aliphatic heterocycles. The predicted octanol–water partition coefficient (Wildman–Crippen LogP) is 3.83. The van der Waals surface area contributed by atoms with Crippen LogP contribution in [0.2, 0.25) is 0 Å². The SMILES string of the molecule is COc1ccc(-c2ccnn2-c2cc(F)ccc2F)cc1. The summed E-state index contributed by atoms with van der Waals surface area (Å²) in [5.74, 6) is -0.320. The molecule has 0 spiro atoms. The van der Waals surface area contributed by atoms with Crippen molar-refractivity contribution in [3.63, 3.8) is 0 Å². The Morgan fingerprint density at radius 1 is 1.00 bits per heavy atom. The maximum absolute atomic E-state index is 13.9. The summed E-state index contributed by atoms with van der Waals surface area (Å²) in [6.45, 7) is 0. The second kappa shape index (κ2) is 5.36. The number of aromatic nitrogens is 2. The van der Waals surface area contributed by atoms with Gasteiger partial charge in [-0.3, -0.25) is 0 Å². The maximum Gasteiger partial charge on any atom is 0.149 e. The number of rotatable bonds is 3. The molecule has 1 aromatic heterocycles. The van der Waals surface area contributed by atoms with Crippen LogP contribution in [0.15, 0.2) is 54.7 Å². The summed E-state index contributed by atoms with van der Waals surface area (Å²) in [6.07, 6.45) is 1.55. The summed E-state index contributed by atoms with van der Waals surface area (Å²) < 4.78 is 33.7. The van der Waals surface area contributed by atoms with E-state index in [1.807, 2.05) is 12.1 Å². The summed E-state index contributed by atoms with van der Waals surface area (Å²) in [5, 5.41) is 4.09. The second-order valence-electron chi connectivity index (χ2n) is 4.45. The summed E-state index contributed by atoms with van der Waals surface area (Å²) in [7, 11) is 1.58. The van der Waals surface area contributed by atoms with Crippen LogP contribution >= 0.6 is 0 Å². The van der Waals surface area contributed by atoms with Crippen LogP contribution in [-0.2, 0) is 0 Å². The molecule has 0 fully saturated rings. The van der Waals surface area contributed by atoms with Crippen LogP contribution < -0.4 is 4.74 Å². The number of halogens is 2. The molecule has 0 saturated carbocycles. The van der Waals surface area contributed by atoms with Crippen LogP contribution in [0.5, 0.6) is 5.75 Å². The van der Waals surface area contributed by atoms with E-state index < -0.39 is 11.6 Å². The van der Waals surface area contributed by atoms with Gasteiger partial charge in [0.1, 0.15) is 23.1 Å². The zero-order chi connectivity index (χ0) is 14.8. The Kier molecular flexibility index (Phi) is 3.39. The first-order valence-electron chi connectivity index (χ1n) is 6.33. The number of nitrogens with zero attached hydrogens (tertiary/aromatic N) is 2. The quantitative estimate of drug-likeness (QED) is 0.731. The van der Waals surface area contributed by atoms with Gasteiger partial charge in [-0.2, -0.15) is 5.10 Å². The van der Waals surface area contributed by atoms with Gasteiger partial charge in [-0.1, -0.05) is 0 Å². The highest BCUT2D eigenvalue weighted by atomic mass is 19.1. The number of ether oxygens (including phenoxy) is 1. The Bertz CT molecular complexity index is 766. The third-order valence-electron chi connectivity index (χ3n) is 3.16. The van der Waals surface area contributed by atoms with Crippen molar-refractivity contribution in [3.8, 4) is 22.7 Å². The highest BCUT2D eigenvalue weighted by Crippen LogP contribution is 2.25. The molecule has 21 heavy (non-hydrogen) atoms. The molecular formula is C16H12F2N2O. The third kappa shape index (κ3) is 2.50. The molecule has 0 amide bonds. The largest absolute Gasteiger partial charge is 0.497 e. The molecule has 1 heterocycles. The topological polar surface area (TPSA) is 27.1 Å². The van der Waals surface area contributed by atoms with Gasteiger partial charge in [0.25, 0.3) is 0 Å². The minimum atomic E-state index is -0.533. The lowest BCUT2D eigenvalue weighted by Crippen LogP contribution is -2.02. The molecule has 106 valence electrons. The number of hydrogen-bond donors (Lipinski definition) is 0. The fraction of sp³-hybridized carbons (Fsp3) is 0.0625. The van der Waals surface area contributed by atoms with E-state index in [9.17, 15) is 8.78 Å². The molecule has 0 aliphatic carbocycles. The number of benzene rings is 2. The molecule has 0 aliphatic rings. The molecule has 0 atom stereocenters. The maximum atomic E-state index is 13.9. The molecule has 3 nitrogen and oxygen atoms in total. The summed E-state index contributed by atoms with van der Waals surface area (Å²) in [4.78, 5) is 0. The van der Waals surface area contributed by atoms with Gasteiger partial charge in [0.2, 0.25) is 0 Å². The van der Waals surface area contributed by atoms with E-state index in [0.717, 1.165) is 29.5 Å². The van der Waals surface area contributed by atoms with E-state index in [1.165, 1.54) is 4.68 Å². The summed E-state index contributed by atoms with van der Waals surface area (Å²) in [5.41, 5.74) is 1.57. The Morgan fingerprint density at radius 2 is 1.76 bits per heavy atom. The molecular weight excluding hydrogens is 274 g/mol. The lowest BCUT2D eigenvalue weighted by atomic mass is 10.1. The van der Waals surface area contributed by atoms with Crippen molar-refractivity contribution in [2.75, 3.05) is 7.11 Å². The van der Waals surface area contributed by atoms with Crippen molar-refractivity contribution in [1.29, 1.82) is 0 Å². The van der Waals surface area contributed by atoms with E-state index >= 15 is 0 Å². The first kappa shape index (κ1) is 13.3. The van der Waals surface area contributed by atoms with Gasteiger partial charge in [0, 0.05) is 11.6 Å². The van der Waals surface area contributed by atoms with Crippen LogP contribution in [0.1, 0.15) is 0 Å². The smallest absolute Gasteiger partial charge is 0.149 e. The first-order valence-corrected chi connectivity index (χ1v) is 6.33. The van der Waals surface area contributed by atoms with E-state index in [4.69, 9.17) is 4.74 Å². The zero-order valence-corrected chi connectivity index (χ0v) is 11.3. The van der Waals surface area contributed by atoms with Gasteiger partial charge in [0.05, 0.1) is 19.0 Å². The monoisotopic (exact) mass is 286 g/mol. The molecule has 0 saturated heterocycles. The van der Waals surface area contributed by atoms with E-state index in [2.05, 4.69) is 5.10 Å². The predicted molar refractivity (Wildman–Crippen MR) is 75.5 cm³/mol. The Labute approximate surface area is 120 Å². The van der Waals surface area contributed by atoms with Crippen LogP contribution in [0.4, 0.5) is 8.78 Å². The molecule has 0 bridgehead atoms. The van der Waals surface area contributed by atoms with Crippen molar-refractivity contribution in [1.82, 2.24) is 9.78 Å². The van der Waals surface area contributed by atoms with Crippen LogP contribution in [0, 0.1) is 11.6 Å². The zero-order valence-electron chi connectivity index (χ0n) is 11.3.